The van der Waals surface area contributed by atoms with Crippen LogP contribution < -0.4 is 5.32 Å². The van der Waals surface area contributed by atoms with Crippen LogP contribution in [0.4, 0.5) is 5.69 Å². The molecule has 2 rings (SSSR count). The van der Waals surface area contributed by atoms with E-state index in [1.165, 1.54) is 18.3 Å². The lowest BCUT2D eigenvalue weighted by Gasteiger charge is -2.32. The summed E-state index contributed by atoms with van der Waals surface area (Å²) in [5.41, 5.74) is 0.558. The fourth-order valence-corrected chi connectivity index (χ4v) is 4.23. The van der Waals surface area contributed by atoms with Gasteiger partial charge in [-0.05, 0) is 44.0 Å². The lowest BCUT2D eigenvalue weighted by molar-refractivity contribution is 0.268. The summed E-state index contributed by atoms with van der Waals surface area (Å²) in [4.78, 5) is 0.251. The van der Waals surface area contributed by atoms with Crippen LogP contribution in [0.2, 0.25) is 0 Å². The number of hydrogen-bond donors (Lipinski definition) is 1. The molecule has 0 radical (unpaired) electrons. The maximum Gasteiger partial charge on any atom is 0.243 e. The van der Waals surface area contributed by atoms with Crippen LogP contribution in [0.15, 0.2) is 40.9 Å². The number of nitrogens with zero attached hydrogens (tertiary/aromatic N) is 3. The van der Waals surface area contributed by atoms with Crippen molar-refractivity contribution in [1.82, 2.24) is 4.31 Å². The van der Waals surface area contributed by atoms with Gasteiger partial charge in [0.25, 0.3) is 0 Å². The van der Waals surface area contributed by atoms with Gasteiger partial charge in [-0.3, -0.25) is 0 Å². The first-order valence-corrected chi connectivity index (χ1v) is 8.82. The third kappa shape index (κ3) is 3.89. The molecule has 0 spiro atoms. The van der Waals surface area contributed by atoms with Crippen LogP contribution in [0.5, 0.6) is 0 Å². The molecule has 6 nitrogen and oxygen atoms in total. The molecule has 0 bridgehead atoms. The van der Waals surface area contributed by atoms with Crippen LogP contribution in [0.3, 0.4) is 0 Å². The molecule has 0 aliphatic carbocycles. The summed E-state index contributed by atoms with van der Waals surface area (Å²) in [7, 11) is -3.48. The molecular formula is C16H18N4O2S. The van der Waals surface area contributed by atoms with Crippen molar-refractivity contribution in [2.75, 3.05) is 11.9 Å². The van der Waals surface area contributed by atoms with Gasteiger partial charge in [-0.25, -0.2) is 8.42 Å². The molecule has 23 heavy (non-hydrogen) atoms. The third-order valence-corrected chi connectivity index (χ3v) is 5.85. The second kappa shape index (κ2) is 7.28. The van der Waals surface area contributed by atoms with Gasteiger partial charge >= 0.3 is 0 Å². The molecule has 1 aromatic carbocycles. The van der Waals surface area contributed by atoms with Gasteiger partial charge in [-0.1, -0.05) is 6.42 Å². The van der Waals surface area contributed by atoms with Crippen LogP contribution >= 0.6 is 0 Å². The van der Waals surface area contributed by atoms with Gasteiger partial charge in [-0.2, -0.15) is 14.8 Å². The summed E-state index contributed by atoms with van der Waals surface area (Å²) >= 11 is 0. The first kappa shape index (κ1) is 17.0. The third-order valence-electron chi connectivity index (χ3n) is 3.83. The minimum Gasteiger partial charge on any atom is -0.360 e. The zero-order chi connectivity index (χ0) is 16.9. The summed E-state index contributed by atoms with van der Waals surface area (Å²) in [6.45, 7) is 2.49. The minimum atomic E-state index is -3.48. The Morgan fingerprint density at radius 3 is 2.48 bits per heavy atom. The number of allylic oxidation sites excluding steroid dienone is 1. The highest BCUT2D eigenvalue weighted by Gasteiger charge is 2.30. The van der Waals surface area contributed by atoms with E-state index in [1.807, 2.05) is 6.92 Å². The number of anilines is 1. The van der Waals surface area contributed by atoms with Crippen molar-refractivity contribution in [3.05, 3.63) is 36.0 Å². The van der Waals surface area contributed by atoms with E-state index in [4.69, 9.17) is 10.5 Å². The van der Waals surface area contributed by atoms with Gasteiger partial charge in [0.15, 0.2) is 0 Å². The summed E-state index contributed by atoms with van der Waals surface area (Å²) in [6.07, 6.45) is 4.12. The van der Waals surface area contributed by atoms with Crippen molar-refractivity contribution in [2.24, 2.45) is 0 Å². The number of hydrogen-bond acceptors (Lipinski definition) is 5. The maximum absolute atomic E-state index is 12.7. The second-order valence-electron chi connectivity index (χ2n) is 5.41. The molecule has 7 heteroatoms. The van der Waals surface area contributed by atoms with Gasteiger partial charge in [0, 0.05) is 24.5 Å². The fraction of sp³-hybridized carbons (Fsp3) is 0.375. The van der Waals surface area contributed by atoms with Crippen molar-refractivity contribution in [1.29, 1.82) is 10.5 Å². The Morgan fingerprint density at radius 2 is 1.91 bits per heavy atom. The lowest BCUT2D eigenvalue weighted by atomic mass is 10.1. The molecular weight excluding hydrogens is 312 g/mol. The van der Waals surface area contributed by atoms with Gasteiger partial charge in [0.1, 0.15) is 17.7 Å². The first-order chi connectivity index (χ1) is 11.0. The van der Waals surface area contributed by atoms with Crippen LogP contribution in [0.1, 0.15) is 26.2 Å². The predicted octanol–water partition coefficient (Wildman–Crippen LogP) is 2.59. The molecule has 1 heterocycles. The summed E-state index contributed by atoms with van der Waals surface area (Å²) in [5.74, 6) is 0. The van der Waals surface area contributed by atoms with Crippen molar-refractivity contribution in [3.8, 4) is 12.1 Å². The van der Waals surface area contributed by atoms with E-state index < -0.39 is 10.0 Å². The lowest BCUT2D eigenvalue weighted by Crippen LogP contribution is -2.41. The number of benzene rings is 1. The smallest absolute Gasteiger partial charge is 0.243 e. The Hall–Kier alpha value is -2.35. The maximum atomic E-state index is 12.7. The van der Waals surface area contributed by atoms with E-state index in [0.29, 0.717) is 12.2 Å². The molecule has 1 aliphatic rings. The SMILES string of the molecule is CC1CCCCN1S(=O)(=O)c1ccc(NC=C(C#N)C#N)cc1. The highest BCUT2D eigenvalue weighted by Crippen LogP contribution is 2.25. The molecule has 0 aromatic heterocycles. The first-order valence-electron chi connectivity index (χ1n) is 7.38. The topological polar surface area (TPSA) is 97.0 Å². The van der Waals surface area contributed by atoms with Crippen LogP contribution in [-0.4, -0.2) is 25.3 Å². The number of rotatable bonds is 4. The van der Waals surface area contributed by atoms with E-state index in [9.17, 15) is 8.42 Å². The monoisotopic (exact) mass is 330 g/mol. The number of nitrogens with one attached hydrogen (secondary N) is 1. The molecule has 1 fully saturated rings. The van der Waals surface area contributed by atoms with Gasteiger partial charge in [-0.15, -0.1) is 0 Å². The standard InChI is InChI=1S/C16H18N4O2S/c1-13-4-2-3-9-20(13)23(21,22)16-7-5-15(6-8-16)19-12-14(10-17)11-18/h5-8,12-13,19H,2-4,9H2,1H3. The highest BCUT2D eigenvalue weighted by molar-refractivity contribution is 7.89. The molecule has 1 saturated heterocycles. The molecule has 120 valence electrons. The van der Waals surface area contributed by atoms with Crippen molar-refractivity contribution in [2.45, 2.75) is 37.1 Å². The van der Waals surface area contributed by atoms with Gasteiger partial charge in [0.2, 0.25) is 10.0 Å². The Labute approximate surface area is 136 Å². The van der Waals surface area contributed by atoms with Crippen molar-refractivity contribution >= 4 is 15.7 Å². The van der Waals surface area contributed by atoms with E-state index in [0.717, 1.165) is 19.3 Å². The number of nitriles is 2. The Bertz CT molecular complexity index is 754. The second-order valence-corrected chi connectivity index (χ2v) is 7.30. The largest absolute Gasteiger partial charge is 0.360 e. The minimum absolute atomic E-state index is 0.0169. The molecule has 1 aromatic rings. The number of piperidine rings is 1. The van der Waals surface area contributed by atoms with E-state index >= 15 is 0 Å². The zero-order valence-electron chi connectivity index (χ0n) is 12.9. The van der Waals surface area contributed by atoms with Gasteiger partial charge in [0.05, 0.1) is 4.90 Å². The summed E-state index contributed by atoms with van der Waals surface area (Å²) < 4.78 is 26.9. The molecule has 1 atom stereocenters. The van der Waals surface area contributed by atoms with Crippen LogP contribution in [0, 0.1) is 22.7 Å². The van der Waals surface area contributed by atoms with E-state index in [2.05, 4.69) is 5.32 Å². The van der Waals surface area contributed by atoms with E-state index in [1.54, 1.807) is 28.6 Å². The molecule has 0 amide bonds. The fourth-order valence-electron chi connectivity index (χ4n) is 2.53. The van der Waals surface area contributed by atoms with E-state index in [-0.39, 0.29) is 16.5 Å². The predicted molar refractivity (Wildman–Crippen MR) is 86.6 cm³/mol. The van der Waals surface area contributed by atoms with Crippen molar-refractivity contribution < 1.29 is 8.42 Å². The van der Waals surface area contributed by atoms with Gasteiger partial charge < -0.3 is 5.32 Å². The molecule has 0 saturated carbocycles. The average molecular weight is 330 g/mol. The highest BCUT2D eigenvalue weighted by atomic mass is 32.2. The number of sulfonamides is 1. The van der Waals surface area contributed by atoms with Crippen LogP contribution in [0.25, 0.3) is 0 Å². The normalized spacial score (nSPS) is 18.5. The zero-order valence-corrected chi connectivity index (χ0v) is 13.7. The molecule has 1 N–H and O–H groups in total. The Balaban J connectivity index is 2.17. The summed E-state index contributed by atoms with van der Waals surface area (Å²) in [5, 5.41) is 20.1. The quantitative estimate of drug-likeness (QED) is 0.856. The summed E-state index contributed by atoms with van der Waals surface area (Å²) in [6, 6.07) is 9.79. The molecule has 1 unspecified atom stereocenters. The van der Waals surface area contributed by atoms with Crippen LogP contribution in [-0.2, 0) is 10.0 Å². The van der Waals surface area contributed by atoms with Crippen molar-refractivity contribution in [3.63, 3.8) is 0 Å². The molecule has 1 aliphatic heterocycles. The Morgan fingerprint density at radius 1 is 1.26 bits per heavy atom. The Kier molecular flexibility index (Phi) is 5.38. The average Bonchev–Trinajstić information content (AvgIpc) is 2.56.